The fourth-order valence-corrected chi connectivity index (χ4v) is 3.88. The number of carbonyl (C=O) groups is 2. The molecule has 2 N–H and O–H groups in total. The molecule has 0 spiro atoms. The van der Waals surface area contributed by atoms with E-state index in [1.165, 1.54) is 6.08 Å². The first-order chi connectivity index (χ1) is 17.0. The van der Waals surface area contributed by atoms with Gasteiger partial charge in [0.2, 0.25) is 11.9 Å². The number of hydrogen-bond acceptors (Lipinski definition) is 8. The molecule has 1 saturated heterocycles. The number of anilines is 1. The van der Waals surface area contributed by atoms with Crippen LogP contribution in [0.2, 0.25) is 0 Å². The predicted octanol–water partition coefficient (Wildman–Crippen LogP) is 1.60. The normalized spacial score (nSPS) is 16.7. The van der Waals surface area contributed by atoms with Crippen molar-refractivity contribution >= 4 is 17.9 Å². The third-order valence-electron chi connectivity index (χ3n) is 5.64. The topological polar surface area (TPSA) is 123 Å². The van der Waals surface area contributed by atoms with Crippen LogP contribution in [-0.2, 0) is 27.4 Å². The monoisotopic (exact) mass is 481 g/mol. The molecule has 2 heterocycles. The van der Waals surface area contributed by atoms with Gasteiger partial charge in [-0.2, -0.15) is 0 Å². The molecule has 2 amide bonds. The summed E-state index contributed by atoms with van der Waals surface area (Å²) in [6.45, 7) is 6.76. The molecule has 1 unspecified atom stereocenters. The van der Waals surface area contributed by atoms with Crippen molar-refractivity contribution in [3.63, 3.8) is 0 Å². The number of nitrogens with zero attached hydrogens (tertiary/aromatic N) is 5. The Bertz CT molecular complexity index is 1020. The van der Waals surface area contributed by atoms with Gasteiger partial charge in [0.25, 0.3) is 0 Å². The Kier molecular flexibility index (Phi) is 9.62. The number of carbonyl (C=O) groups excluding carboxylic acids is 2. The molecule has 35 heavy (non-hydrogen) atoms. The van der Waals surface area contributed by atoms with E-state index in [9.17, 15) is 9.59 Å². The van der Waals surface area contributed by atoms with Gasteiger partial charge in [-0.1, -0.05) is 54.0 Å². The summed E-state index contributed by atoms with van der Waals surface area (Å²) in [7, 11) is 0. The second-order valence-electron chi connectivity index (χ2n) is 8.08. The maximum atomic E-state index is 13.5. The zero-order chi connectivity index (χ0) is 25.0. The first-order valence-electron chi connectivity index (χ1n) is 11.5. The van der Waals surface area contributed by atoms with Crippen molar-refractivity contribution in [1.29, 1.82) is 0 Å². The van der Waals surface area contributed by atoms with Gasteiger partial charge in [0.05, 0.1) is 18.7 Å². The lowest BCUT2D eigenvalue weighted by atomic mass is 10.1. The SMILES string of the molecule is C#CCOC(C)[C@H](NC(=O)OCC=C)C(=O)N1CCC[C@H]1Cn1nnnc1NCc1ccccc1. The van der Waals surface area contributed by atoms with Crippen LogP contribution < -0.4 is 10.6 Å². The van der Waals surface area contributed by atoms with Gasteiger partial charge < -0.3 is 25.0 Å². The Morgan fingerprint density at radius 2 is 2.17 bits per heavy atom. The number of amides is 2. The molecular formula is C24H31N7O4. The highest BCUT2D eigenvalue weighted by Gasteiger charge is 2.37. The van der Waals surface area contributed by atoms with Gasteiger partial charge in [-0.25, -0.2) is 9.48 Å². The second-order valence-corrected chi connectivity index (χ2v) is 8.08. The van der Waals surface area contributed by atoms with E-state index in [2.05, 4.69) is 38.7 Å². The van der Waals surface area contributed by atoms with E-state index in [1.807, 2.05) is 30.3 Å². The van der Waals surface area contributed by atoms with Crippen molar-refractivity contribution in [3.05, 3.63) is 48.6 Å². The van der Waals surface area contributed by atoms with Crippen molar-refractivity contribution in [3.8, 4) is 12.3 Å². The standard InChI is InChI=1S/C24H31N7O4/c1-4-14-34-18(3)21(26-24(33)35-15-5-2)22(32)30-13-9-12-20(30)17-31-23(27-28-29-31)25-16-19-10-7-6-8-11-19/h1,5-8,10-11,18,20-21H,2,9,12-17H2,3H3,(H,26,33)(H,25,27,29)/t18?,20-,21-/m0/s1. The van der Waals surface area contributed by atoms with Gasteiger partial charge in [0, 0.05) is 13.1 Å². The number of terminal acetylenes is 1. The molecule has 11 nitrogen and oxygen atoms in total. The van der Waals surface area contributed by atoms with E-state index in [4.69, 9.17) is 15.9 Å². The van der Waals surface area contributed by atoms with E-state index >= 15 is 0 Å². The number of hydrogen-bond donors (Lipinski definition) is 2. The Labute approximate surface area is 204 Å². The summed E-state index contributed by atoms with van der Waals surface area (Å²) in [5, 5.41) is 17.8. The minimum absolute atomic E-state index is 0.0127. The van der Waals surface area contributed by atoms with Crippen molar-refractivity contribution in [1.82, 2.24) is 30.4 Å². The van der Waals surface area contributed by atoms with Gasteiger partial charge in [0.15, 0.2) is 0 Å². The molecule has 2 aromatic rings. The second kappa shape index (κ2) is 13.1. The van der Waals surface area contributed by atoms with E-state index < -0.39 is 18.2 Å². The van der Waals surface area contributed by atoms with Gasteiger partial charge >= 0.3 is 6.09 Å². The van der Waals surface area contributed by atoms with Crippen LogP contribution in [0.5, 0.6) is 0 Å². The van der Waals surface area contributed by atoms with Crippen molar-refractivity contribution < 1.29 is 19.1 Å². The number of ether oxygens (including phenoxy) is 2. The van der Waals surface area contributed by atoms with Gasteiger partial charge in [-0.15, -0.1) is 6.42 Å². The molecule has 1 aromatic carbocycles. The number of nitrogens with one attached hydrogen (secondary N) is 2. The number of likely N-dealkylation sites (tertiary alicyclic amines) is 1. The van der Waals surface area contributed by atoms with Crippen LogP contribution in [0.15, 0.2) is 43.0 Å². The maximum absolute atomic E-state index is 13.5. The molecule has 1 fully saturated rings. The fraction of sp³-hybridized carbons (Fsp3) is 0.458. The Hall–Kier alpha value is -3.91. The first kappa shape index (κ1) is 25.7. The summed E-state index contributed by atoms with van der Waals surface area (Å²) in [5.74, 6) is 2.62. The van der Waals surface area contributed by atoms with Crippen LogP contribution in [0, 0.1) is 12.3 Å². The van der Waals surface area contributed by atoms with E-state index in [1.54, 1.807) is 16.5 Å². The van der Waals surface area contributed by atoms with Gasteiger partial charge in [0.1, 0.15) is 19.3 Å². The van der Waals surface area contributed by atoms with E-state index in [0.29, 0.717) is 25.6 Å². The van der Waals surface area contributed by atoms with Crippen LogP contribution in [0.4, 0.5) is 10.7 Å². The van der Waals surface area contributed by atoms with Crippen LogP contribution in [0.1, 0.15) is 25.3 Å². The van der Waals surface area contributed by atoms with Crippen LogP contribution in [0.3, 0.4) is 0 Å². The fourth-order valence-electron chi connectivity index (χ4n) is 3.88. The highest BCUT2D eigenvalue weighted by atomic mass is 16.5. The Morgan fingerprint density at radius 3 is 2.91 bits per heavy atom. The molecule has 1 aliphatic rings. The third kappa shape index (κ3) is 7.28. The average Bonchev–Trinajstić information content (AvgIpc) is 3.53. The lowest BCUT2D eigenvalue weighted by molar-refractivity contribution is -0.138. The van der Waals surface area contributed by atoms with Crippen LogP contribution >= 0.6 is 0 Å². The predicted molar refractivity (Wildman–Crippen MR) is 129 cm³/mol. The van der Waals surface area contributed by atoms with Crippen LogP contribution in [0.25, 0.3) is 0 Å². The molecule has 0 bridgehead atoms. The highest BCUT2D eigenvalue weighted by Crippen LogP contribution is 2.22. The Balaban J connectivity index is 1.68. The largest absolute Gasteiger partial charge is 0.445 e. The maximum Gasteiger partial charge on any atom is 0.408 e. The van der Waals surface area contributed by atoms with Crippen molar-refractivity contribution in [2.75, 3.05) is 25.1 Å². The van der Waals surface area contributed by atoms with E-state index in [-0.39, 0.29) is 25.2 Å². The average molecular weight is 482 g/mol. The molecule has 0 radical (unpaired) electrons. The van der Waals surface area contributed by atoms with Crippen molar-refractivity contribution in [2.45, 2.75) is 51.0 Å². The quantitative estimate of drug-likeness (QED) is 0.346. The Morgan fingerprint density at radius 1 is 1.37 bits per heavy atom. The minimum atomic E-state index is -0.967. The zero-order valence-electron chi connectivity index (χ0n) is 19.8. The molecule has 0 saturated carbocycles. The molecule has 1 aromatic heterocycles. The lowest BCUT2D eigenvalue weighted by Gasteiger charge is -2.31. The number of tetrazole rings is 1. The zero-order valence-corrected chi connectivity index (χ0v) is 19.8. The summed E-state index contributed by atoms with van der Waals surface area (Å²) in [6, 6.07) is 8.79. The summed E-state index contributed by atoms with van der Waals surface area (Å²) in [4.78, 5) is 27.4. The van der Waals surface area contributed by atoms with E-state index in [0.717, 1.165) is 18.4 Å². The molecule has 3 rings (SSSR count). The summed E-state index contributed by atoms with van der Waals surface area (Å²) in [5.41, 5.74) is 1.10. The highest BCUT2D eigenvalue weighted by molar-refractivity contribution is 5.86. The van der Waals surface area contributed by atoms with Crippen molar-refractivity contribution in [2.24, 2.45) is 0 Å². The molecule has 0 aliphatic carbocycles. The molecular weight excluding hydrogens is 450 g/mol. The van der Waals surface area contributed by atoms with Gasteiger partial charge in [-0.3, -0.25) is 4.79 Å². The molecule has 1 aliphatic heterocycles. The third-order valence-corrected chi connectivity index (χ3v) is 5.64. The summed E-state index contributed by atoms with van der Waals surface area (Å²) < 4.78 is 12.2. The number of benzene rings is 1. The molecule has 11 heteroatoms. The number of aromatic nitrogens is 4. The smallest absolute Gasteiger partial charge is 0.408 e. The number of rotatable bonds is 12. The molecule has 3 atom stereocenters. The summed E-state index contributed by atoms with van der Waals surface area (Å²) >= 11 is 0. The number of alkyl carbamates (subject to hydrolysis) is 1. The molecule has 186 valence electrons. The van der Waals surface area contributed by atoms with Crippen LogP contribution in [-0.4, -0.2) is 75.1 Å². The first-order valence-corrected chi connectivity index (χ1v) is 11.5. The lowest BCUT2D eigenvalue weighted by Crippen LogP contribution is -2.56. The van der Waals surface area contributed by atoms with Gasteiger partial charge in [-0.05, 0) is 35.8 Å². The summed E-state index contributed by atoms with van der Waals surface area (Å²) in [6.07, 6.45) is 6.94. The minimum Gasteiger partial charge on any atom is -0.445 e.